The van der Waals surface area contributed by atoms with Gasteiger partial charge in [-0.15, -0.1) is 0 Å². The number of benzene rings is 1. The van der Waals surface area contributed by atoms with Crippen LogP contribution in [0.1, 0.15) is 37.8 Å². The standard InChI is InChI=1S/C16H25NO2/c1-13(2)19-12-11-17-16(18)10-6-9-15-8-5-4-7-14(15)3/h4-5,7-8,13H,6,9-12H2,1-3H3,(H,17,18). The minimum Gasteiger partial charge on any atom is -0.377 e. The van der Waals surface area contributed by atoms with E-state index >= 15 is 0 Å². The molecule has 0 heterocycles. The van der Waals surface area contributed by atoms with Gasteiger partial charge in [0.1, 0.15) is 0 Å². The molecule has 1 N–H and O–H groups in total. The van der Waals surface area contributed by atoms with Crippen molar-refractivity contribution in [1.82, 2.24) is 5.32 Å². The number of ether oxygens (including phenoxy) is 1. The second-order valence-corrected chi connectivity index (χ2v) is 5.05. The SMILES string of the molecule is Cc1ccccc1CCCC(=O)NCCOC(C)C. The van der Waals surface area contributed by atoms with E-state index in [1.165, 1.54) is 11.1 Å². The van der Waals surface area contributed by atoms with Crippen molar-refractivity contribution in [2.45, 2.75) is 46.1 Å². The summed E-state index contributed by atoms with van der Waals surface area (Å²) < 4.78 is 5.37. The molecule has 106 valence electrons. The molecule has 0 aromatic heterocycles. The van der Waals surface area contributed by atoms with Crippen molar-refractivity contribution in [2.75, 3.05) is 13.2 Å². The highest BCUT2D eigenvalue weighted by atomic mass is 16.5. The molecule has 3 nitrogen and oxygen atoms in total. The number of aryl methyl sites for hydroxylation is 2. The number of amides is 1. The van der Waals surface area contributed by atoms with Gasteiger partial charge in [-0.3, -0.25) is 4.79 Å². The zero-order valence-corrected chi connectivity index (χ0v) is 12.2. The van der Waals surface area contributed by atoms with E-state index in [1.54, 1.807) is 0 Å². The van der Waals surface area contributed by atoms with Gasteiger partial charge >= 0.3 is 0 Å². The fourth-order valence-electron chi connectivity index (χ4n) is 1.90. The van der Waals surface area contributed by atoms with Crippen LogP contribution in [-0.2, 0) is 16.0 Å². The number of hydrogen-bond acceptors (Lipinski definition) is 2. The van der Waals surface area contributed by atoms with E-state index in [2.05, 4.69) is 24.4 Å². The van der Waals surface area contributed by atoms with Crippen LogP contribution in [0.4, 0.5) is 0 Å². The van der Waals surface area contributed by atoms with Gasteiger partial charge < -0.3 is 10.1 Å². The fraction of sp³-hybridized carbons (Fsp3) is 0.562. The molecule has 0 fully saturated rings. The monoisotopic (exact) mass is 263 g/mol. The quantitative estimate of drug-likeness (QED) is 0.732. The van der Waals surface area contributed by atoms with Gasteiger partial charge in [0.15, 0.2) is 0 Å². The molecule has 0 aliphatic heterocycles. The highest BCUT2D eigenvalue weighted by Gasteiger charge is 2.02. The predicted octanol–water partition coefficient (Wildman–Crippen LogP) is 2.86. The van der Waals surface area contributed by atoms with Crippen LogP contribution in [0.15, 0.2) is 24.3 Å². The number of hydrogen-bond donors (Lipinski definition) is 1. The molecule has 0 saturated heterocycles. The van der Waals surface area contributed by atoms with Gasteiger partial charge in [-0.25, -0.2) is 0 Å². The molecule has 0 bridgehead atoms. The average Bonchev–Trinajstić information content (AvgIpc) is 2.37. The topological polar surface area (TPSA) is 38.3 Å². The second kappa shape index (κ2) is 8.70. The van der Waals surface area contributed by atoms with E-state index in [1.807, 2.05) is 26.0 Å². The van der Waals surface area contributed by atoms with Crippen molar-refractivity contribution in [3.8, 4) is 0 Å². The van der Waals surface area contributed by atoms with Crippen LogP contribution in [0.25, 0.3) is 0 Å². The minimum atomic E-state index is 0.112. The number of carbonyl (C=O) groups is 1. The lowest BCUT2D eigenvalue weighted by Gasteiger charge is -2.09. The largest absolute Gasteiger partial charge is 0.377 e. The molecule has 0 unspecified atom stereocenters. The minimum absolute atomic E-state index is 0.112. The first-order chi connectivity index (χ1) is 9.09. The van der Waals surface area contributed by atoms with Crippen molar-refractivity contribution < 1.29 is 9.53 Å². The second-order valence-electron chi connectivity index (χ2n) is 5.05. The Morgan fingerprint density at radius 3 is 2.74 bits per heavy atom. The van der Waals surface area contributed by atoms with Gasteiger partial charge in [-0.1, -0.05) is 24.3 Å². The third-order valence-electron chi connectivity index (χ3n) is 2.99. The molecule has 1 amide bonds. The van der Waals surface area contributed by atoms with E-state index in [0.717, 1.165) is 12.8 Å². The first-order valence-corrected chi connectivity index (χ1v) is 7.02. The van der Waals surface area contributed by atoms with Gasteiger partial charge in [0, 0.05) is 13.0 Å². The maximum Gasteiger partial charge on any atom is 0.220 e. The van der Waals surface area contributed by atoms with Gasteiger partial charge in [-0.05, 0) is 44.7 Å². The van der Waals surface area contributed by atoms with Crippen LogP contribution in [0, 0.1) is 6.92 Å². The lowest BCUT2D eigenvalue weighted by molar-refractivity contribution is -0.121. The van der Waals surface area contributed by atoms with Crippen LogP contribution in [0.2, 0.25) is 0 Å². The molecule has 0 spiro atoms. The molecule has 1 aromatic carbocycles. The average molecular weight is 263 g/mol. The van der Waals surface area contributed by atoms with Crippen molar-refractivity contribution in [2.24, 2.45) is 0 Å². The van der Waals surface area contributed by atoms with Gasteiger partial charge in [0.25, 0.3) is 0 Å². The molecule has 0 atom stereocenters. The van der Waals surface area contributed by atoms with Crippen molar-refractivity contribution in [1.29, 1.82) is 0 Å². The maximum atomic E-state index is 11.6. The van der Waals surface area contributed by atoms with Gasteiger partial charge in [-0.2, -0.15) is 0 Å². The molecule has 0 radical (unpaired) electrons. The molecule has 1 rings (SSSR count). The van der Waals surface area contributed by atoms with E-state index in [-0.39, 0.29) is 12.0 Å². The summed E-state index contributed by atoms with van der Waals surface area (Å²) in [5.41, 5.74) is 2.63. The molecule has 0 aliphatic carbocycles. The molecular weight excluding hydrogens is 238 g/mol. The summed E-state index contributed by atoms with van der Waals surface area (Å²) in [5.74, 6) is 0.112. The molecule has 0 saturated carbocycles. The summed E-state index contributed by atoms with van der Waals surface area (Å²) in [4.78, 5) is 11.6. The van der Waals surface area contributed by atoms with Gasteiger partial charge in [0.05, 0.1) is 12.7 Å². The summed E-state index contributed by atoms with van der Waals surface area (Å²) in [7, 11) is 0. The molecule has 0 aliphatic rings. The van der Waals surface area contributed by atoms with Crippen molar-refractivity contribution in [3.63, 3.8) is 0 Å². The van der Waals surface area contributed by atoms with E-state index in [0.29, 0.717) is 19.6 Å². The third kappa shape index (κ3) is 6.97. The summed E-state index contributed by atoms with van der Waals surface area (Å²) in [6.45, 7) is 7.27. The Hall–Kier alpha value is -1.35. The Balaban J connectivity index is 2.12. The van der Waals surface area contributed by atoms with Gasteiger partial charge in [0.2, 0.25) is 5.91 Å². The molecular formula is C16H25NO2. The summed E-state index contributed by atoms with van der Waals surface area (Å²) >= 11 is 0. The first-order valence-electron chi connectivity index (χ1n) is 7.02. The van der Waals surface area contributed by atoms with Crippen molar-refractivity contribution in [3.05, 3.63) is 35.4 Å². The van der Waals surface area contributed by atoms with Crippen LogP contribution in [0.5, 0.6) is 0 Å². The Kier molecular flexibility index (Phi) is 7.19. The Morgan fingerprint density at radius 1 is 1.32 bits per heavy atom. The van der Waals surface area contributed by atoms with Crippen LogP contribution in [0.3, 0.4) is 0 Å². The smallest absolute Gasteiger partial charge is 0.220 e. The Morgan fingerprint density at radius 2 is 2.05 bits per heavy atom. The number of carbonyl (C=O) groups excluding carboxylic acids is 1. The van der Waals surface area contributed by atoms with Crippen LogP contribution < -0.4 is 5.32 Å². The Bertz CT molecular complexity index is 388. The molecule has 19 heavy (non-hydrogen) atoms. The summed E-state index contributed by atoms with van der Waals surface area (Å²) in [6, 6.07) is 8.33. The normalized spacial score (nSPS) is 10.7. The van der Waals surface area contributed by atoms with E-state index in [4.69, 9.17) is 4.74 Å². The lowest BCUT2D eigenvalue weighted by Crippen LogP contribution is -2.27. The fourth-order valence-corrected chi connectivity index (χ4v) is 1.90. The maximum absolute atomic E-state index is 11.6. The molecule has 1 aromatic rings. The Labute approximate surface area is 116 Å². The lowest BCUT2D eigenvalue weighted by atomic mass is 10.0. The zero-order valence-electron chi connectivity index (χ0n) is 12.2. The third-order valence-corrected chi connectivity index (χ3v) is 2.99. The highest BCUT2D eigenvalue weighted by Crippen LogP contribution is 2.10. The zero-order chi connectivity index (χ0) is 14.1. The first kappa shape index (κ1) is 15.7. The van der Waals surface area contributed by atoms with E-state index < -0.39 is 0 Å². The summed E-state index contributed by atoms with van der Waals surface area (Å²) in [6.07, 6.45) is 2.65. The van der Waals surface area contributed by atoms with Crippen molar-refractivity contribution >= 4 is 5.91 Å². The van der Waals surface area contributed by atoms with E-state index in [9.17, 15) is 4.79 Å². The summed E-state index contributed by atoms with van der Waals surface area (Å²) in [5, 5.41) is 2.87. The highest BCUT2D eigenvalue weighted by molar-refractivity contribution is 5.75. The predicted molar refractivity (Wildman–Crippen MR) is 78.2 cm³/mol. The van der Waals surface area contributed by atoms with Crippen LogP contribution in [-0.4, -0.2) is 25.2 Å². The van der Waals surface area contributed by atoms with Crippen LogP contribution >= 0.6 is 0 Å². The molecule has 3 heteroatoms. The number of rotatable bonds is 8. The number of nitrogens with one attached hydrogen (secondary N) is 1.